The molecule has 0 radical (unpaired) electrons. The number of nitrogens with zero attached hydrogens (tertiary/aromatic N) is 3. The van der Waals surface area contributed by atoms with Crippen molar-refractivity contribution in [1.29, 1.82) is 0 Å². The van der Waals surface area contributed by atoms with Crippen LogP contribution in [0.1, 0.15) is 23.3 Å². The Kier molecular flexibility index (Phi) is 3.40. The van der Waals surface area contributed by atoms with E-state index >= 15 is 0 Å². The summed E-state index contributed by atoms with van der Waals surface area (Å²) >= 11 is 0. The zero-order valence-electron chi connectivity index (χ0n) is 9.74. The fraction of sp³-hybridized carbons (Fsp3) is 0.455. The van der Waals surface area contributed by atoms with Crippen LogP contribution in [0.4, 0.5) is 5.82 Å². The van der Waals surface area contributed by atoms with Crippen LogP contribution in [0.15, 0.2) is 12.1 Å². The molecule has 1 atom stereocenters. The van der Waals surface area contributed by atoms with Crippen molar-refractivity contribution >= 4 is 17.7 Å². The maximum absolute atomic E-state index is 11.2. The molecule has 0 aromatic carbocycles. The number of nitrogens with two attached hydrogens (primary N) is 1. The summed E-state index contributed by atoms with van der Waals surface area (Å²) in [5.74, 6) is -1.02. The minimum absolute atomic E-state index is 0.0952. The van der Waals surface area contributed by atoms with Crippen molar-refractivity contribution in [2.24, 2.45) is 11.7 Å². The highest BCUT2D eigenvalue weighted by atomic mass is 16.4. The molecule has 2 rings (SSSR count). The van der Waals surface area contributed by atoms with Crippen LogP contribution in [0.2, 0.25) is 0 Å². The number of aromatic carboxylic acids is 1. The van der Waals surface area contributed by atoms with Gasteiger partial charge in [-0.25, -0.2) is 4.79 Å². The van der Waals surface area contributed by atoms with Gasteiger partial charge in [0.25, 0.3) is 0 Å². The molecule has 1 amide bonds. The third kappa shape index (κ3) is 2.55. The van der Waals surface area contributed by atoms with Crippen molar-refractivity contribution in [3.8, 4) is 0 Å². The molecule has 1 saturated heterocycles. The number of amides is 1. The molecule has 96 valence electrons. The van der Waals surface area contributed by atoms with Crippen molar-refractivity contribution in [2.75, 3.05) is 18.0 Å². The SMILES string of the molecule is NC(=O)C1CCCN(c2ccc(C(=O)O)nn2)C1. The summed E-state index contributed by atoms with van der Waals surface area (Å²) in [5, 5.41) is 16.2. The van der Waals surface area contributed by atoms with Gasteiger partial charge in [-0.2, -0.15) is 0 Å². The summed E-state index contributed by atoms with van der Waals surface area (Å²) in [4.78, 5) is 23.7. The number of carboxylic acids is 1. The number of hydrogen-bond acceptors (Lipinski definition) is 5. The van der Waals surface area contributed by atoms with Crippen LogP contribution >= 0.6 is 0 Å². The van der Waals surface area contributed by atoms with E-state index in [-0.39, 0.29) is 17.5 Å². The Morgan fingerprint density at radius 1 is 1.39 bits per heavy atom. The van der Waals surface area contributed by atoms with Crippen LogP contribution in [-0.4, -0.2) is 40.3 Å². The summed E-state index contributed by atoms with van der Waals surface area (Å²) in [6, 6.07) is 3.00. The predicted octanol–water partition coefficient (Wildman–Crippen LogP) is -0.124. The minimum Gasteiger partial charge on any atom is -0.476 e. The standard InChI is InChI=1S/C11H14N4O3/c12-10(16)7-2-1-5-15(6-7)9-4-3-8(11(17)18)13-14-9/h3-4,7H,1-2,5-6H2,(H2,12,16)(H,17,18). The molecule has 7 nitrogen and oxygen atoms in total. The van der Waals surface area contributed by atoms with Gasteiger partial charge in [-0.3, -0.25) is 4.79 Å². The summed E-state index contributed by atoms with van der Waals surface area (Å²) in [6.07, 6.45) is 1.64. The van der Waals surface area contributed by atoms with Gasteiger partial charge in [0.2, 0.25) is 5.91 Å². The molecule has 7 heteroatoms. The number of primary amides is 1. The van der Waals surface area contributed by atoms with E-state index in [0.29, 0.717) is 12.4 Å². The number of carboxylic acid groups (broad SMARTS) is 1. The molecule has 1 aromatic rings. The zero-order chi connectivity index (χ0) is 13.1. The van der Waals surface area contributed by atoms with Gasteiger partial charge < -0.3 is 15.7 Å². The molecule has 1 aromatic heterocycles. The van der Waals surface area contributed by atoms with Gasteiger partial charge in [0.05, 0.1) is 5.92 Å². The quantitative estimate of drug-likeness (QED) is 0.773. The number of hydrogen-bond donors (Lipinski definition) is 2. The second kappa shape index (κ2) is 4.99. The van der Waals surface area contributed by atoms with E-state index in [1.807, 2.05) is 4.90 Å². The molecule has 2 heterocycles. The number of aromatic nitrogens is 2. The van der Waals surface area contributed by atoms with Gasteiger partial charge in [0.15, 0.2) is 11.5 Å². The molecule has 1 aliphatic rings. The Labute approximate surface area is 104 Å². The van der Waals surface area contributed by atoms with Crippen molar-refractivity contribution in [1.82, 2.24) is 10.2 Å². The van der Waals surface area contributed by atoms with Crippen LogP contribution in [0, 0.1) is 5.92 Å². The normalized spacial score (nSPS) is 19.6. The third-order valence-electron chi connectivity index (χ3n) is 3.02. The number of carbonyl (C=O) groups excluding carboxylic acids is 1. The van der Waals surface area contributed by atoms with Crippen LogP contribution < -0.4 is 10.6 Å². The summed E-state index contributed by atoms with van der Waals surface area (Å²) in [7, 11) is 0. The highest BCUT2D eigenvalue weighted by Crippen LogP contribution is 2.20. The van der Waals surface area contributed by atoms with Gasteiger partial charge >= 0.3 is 5.97 Å². The first-order chi connectivity index (χ1) is 8.58. The predicted molar refractivity (Wildman–Crippen MR) is 63.1 cm³/mol. The second-order valence-electron chi connectivity index (χ2n) is 4.27. The van der Waals surface area contributed by atoms with E-state index in [0.717, 1.165) is 19.4 Å². The van der Waals surface area contributed by atoms with E-state index < -0.39 is 5.97 Å². The third-order valence-corrected chi connectivity index (χ3v) is 3.02. The molecule has 1 unspecified atom stereocenters. The largest absolute Gasteiger partial charge is 0.476 e. The topological polar surface area (TPSA) is 109 Å². The molecule has 0 saturated carbocycles. The maximum atomic E-state index is 11.2. The number of piperidine rings is 1. The Bertz CT molecular complexity index is 460. The lowest BCUT2D eigenvalue weighted by Crippen LogP contribution is -2.41. The lowest BCUT2D eigenvalue weighted by molar-refractivity contribution is -0.122. The second-order valence-corrected chi connectivity index (χ2v) is 4.27. The molecule has 1 fully saturated rings. The van der Waals surface area contributed by atoms with Crippen LogP contribution in [-0.2, 0) is 4.79 Å². The van der Waals surface area contributed by atoms with Gasteiger partial charge in [0.1, 0.15) is 0 Å². The molecule has 0 spiro atoms. The first-order valence-corrected chi connectivity index (χ1v) is 5.69. The molecule has 0 bridgehead atoms. The Hall–Kier alpha value is -2.18. The molecule has 0 aliphatic carbocycles. The van der Waals surface area contributed by atoms with E-state index in [1.165, 1.54) is 6.07 Å². The van der Waals surface area contributed by atoms with Crippen LogP contribution in [0.3, 0.4) is 0 Å². The van der Waals surface area contributed by atoms with Crippen molar-refractivity contribution in [3.63, 3.8) is 0 Å². The lowest BCUT2D eigenvalue weighted by Gasteiger charge is -2.31. The number of anilines is 1. The van der Waals surface area contributed by atoms with E-state index in [2.05, 4.69) is 10.2 Å². The van der Waals surface area contributed by atoms with Gasteiger partial charge in [-0.05, 0) is 25.0 Å². The summed E-state index contributed by atoms with van der Waals surface area (Å²) in [6.45, 7) is 1.28. The summed E-state index contributed by atoms with van der Waals surface area (Å²) < 4.78 is 0. The molecular weight excluding hydrogens is 236 g/mol. The number of carbonyl (C=O) groups is 2. The molecule has 1 aliphatic heterocycles. The first kappa shape index (κ1) is 12.3. The van der Waals surface area contributed by atoms with Gasteiger partial charge in [0, 0.05) is 13.1 Å². The van der Waals surface area contributed by atoms with Crippen molar-refractivity contribution in [2.45, 2.75) is 12.8 Å². The average molecular weight is 250 g/mol. The first-order valence-electron chi connectivity index (χ1n) is 5.69. The monoisotopic (exact) mass is 250 g/mol. The smallest absolute Gasteiger partial charge is 0.356 e. The van der Waals surface area contributed by atoms with E-state index in [1.54, 1.807) is 6.07 Å². The Balaban J connectivity index is 2.11. The van der Waals surface area contributed by atoms with E-state index in [9.17, 15) is 9.59 Å². The fourth-order valence-electron chi connectivity index (χ4n) is 2.03. The van der Waals surface area contributed by atoms with E-state index in [4.69, 9.17) is 10.8 Å². The van der Waals surface area contributed by atoms with Crippen LogP contribution in [0.5, 0.6) is 0 Å². The number of rotatable bonds is 3. The van der Waals surface area contributed by atoms with Crippen molar-refractivity contribution in [3.05, 3.63) is 17.8 Å². The zero-order valence-corrected chi connectivity index (χ0v) is 9.74. The maximum Gasteiger partial charge on any atom is 0.356 e. The Morgan fingerprint density at radius 3 is 2.72 bits per heavy atom. The molecular formula is C11H14N4O3. The summed E-state index contributed by atoms with van der Waals surface area (Å²) in [5.41, 5.74) is 5.20. The minimum atomic E-state index is -1.11. The molecule has 3 N–H and O–H groups in total. The molecule has 18 heavy (non-hydrogen) atoms. The van der Waals surface area contributed by atoms with Gasteiger partial charge in [-0.15, -0.1) is 10.2 Å². The van der Waals surface area contributed by atoms with Crippen LogP contribution in [0.25, 0.3) is 0 Å². The highest BCUT2D eigenvalue weighted by molar-refractivity contribution is 5.85. The average Bonchev–Trinajstić information content (AvgIpc) is 2.39. The Morgan fingerprint density at radius 2 is 2.17 bits per heavy atom. The van der Waals surface area contributed by atoms with Crippen molar-refractivity contribution < 1.29 is 14.7 Å². The lowest BCUT2D eigenvalue weighted by atomic mass is 9.97. The highest BCUT2D eigenvalue weighted by Gasteiger charge is 2.25. The fourth-order valence-corrected chi connectivity index (χ4v) is 2.03. The van der Waals surface area contributed by atoms with Gasteiger partial charge in [-0.1, -0.05) is 0 Å².